The van der Waals surface area contributed by atoms with Gasteiger partial charge in [0.15, 0.2) is 0 Å². The van der Waals surface area contributed by atoms with E-state index in [0.29, 0.717) is 0 Å². The average molecular weight is 272 g/mol. The molecule has 0 saturated carbocycles. The van der Waals surface area contributed by atoms with Gasteiger partial charge in [0.1, 0.15) is 23.5 Å². The number of carbonyl (C=O) groups is 1. The minimum Gasteiger partial charge on any atom is -0.542 e. The third kappa shape index (κ3) is 4.82. The fraction of sp³-hybridized carbons (Fsp3) is 0.167. The van der Waals surface area contributed by atoms with Crippen LogP contribution >= 0.6 is 0 Å². The van der Waals surface area contributed by atoms with Gasteiger partial charge in [0.05, 0.1) is 0 Å². The molecule has 102 valence electrons. The molecule has 0 aliphatic carbocycles. The molecule has 1 N–H and O–H groups in total. The topological polar surface area (TPSA) is 59.8 Å². The van der Waals surface area contributed by atoms with Crippen LogP contribution < -0.4 is 9.67 Å². The number of benzene rings is 1. The first kappa shape index (κ1) is 14.7. The summed E-state index contributed by atoms with van der Waals surface area (Å²) in [5.41, 5.74) is 2.35. The molecule has 4 nitrogen and oxygen atoms in total. The number of carboxylic acid groups (broad SMARTS) is 1. The molecule has 0 aliphatic rings. The highest BCUT2D eigenvalue weighted by molar-refractivity contribution is 5.70. The summed E-state index contributed by atoms with van der Waals surface area (Å²) in [5.74, 6) is -3.01. The molecule has 2 aromatic rings. The van der Waals surface area contributed by atoms with Crippen molar-refractivity contribution in [2.75, 3.05) is 0 Å². The van der Waals surface area contributed by atoms with Crippen LogP contribution in [0, 0.1) is 6.92 Å². The number of halogens is 3. The van der Waals surface area contributed by atoms with Crippen molar-refractivity contribution in [3.8, 4) is 5.69 Å². The lowest BCUT2D eigenvalue weighted by molar-refractivity contribution is -0.594. The van der Waals surface area contributed by atoms with Gasteiger partial charge in [-0.3, -0.25) is 0 Å². The van der Waals surface area contributed by atoms with Gasteiger partial charge in [-0.25, -0.2) is 9.55 Å². The number of para-hydroxylation sites is 1. The number of nitrogens with one attached hydrogen (secondary N) is 1. The van der Waals surface area contributed by atoms with Crippen LogP contribution in [0.5, 0.6) is 0 Å². The van der Waals surface area contributed by atoms with Crippen molar-refractivity contribution in [2.45, 2.75) is 13.1 Å². The molecule has 0 radical (unpaired) electrons. The fourth-order valence-corrected chi connectivity index (χ4v) is 1.20. The highest BCUT2D eigenvalue weighted by atomic mass is 19.4. The molecule has 0 spiro atoms. The third-order valence-corrected chi connectivity index (χ3v) is 2.05. The number of hydrogen-bond donors (Lipinski definition) is 1. The van der Waals surface area contributed by atoms with Gasteiger partial charge < -0.3 is 9.90 Å². The summed E-state index contributed by atoms with van der Waals surface area (Å²) in [6.07, 6.45) is -1.18. The molecule has 7 heteroatoms. The number of rotatable bonds is 1. The Morgan fingerprint density at radius 3 is 2.16 bits per heavy atom. The van der Waals surface area contributed by atoms with Crippen LogP contribution in [-0.2, 0) is 4.79 Å². The largest absolute Gasteiger partial charge is 0.542 e. The van der Waals surface area contributed by atoms with E-state index >= 15 is 0 Å². The Morgan fingerprint density at radius 2 is 1.79 bits per heavy atom. The number of nitrogens with zero attached hydrogens (tertiary/aromatic N) is 1. The van der Waals surface area contributed by atoms with Crippen molar-refractivity contribution in [1.29, 1.82) is 0 Å². The van der Waals surface area contributed by atoms with Gasteiger partial charge in [-0.2, -0.15) is 13.2 Å². The molecule has 0 amide bonds. The number of H-pyrrole nitrogens is 1. The number of aryl methyl sites for hydroxylation is 1. The van der Waals surface area contributed by atoms with Gasteiger partial charge in [-0.1, -0.05) is 18.2 Å². The van der Waals surface area contributed by atoms with E-state index in [2.05, 4.69) is 27.9 Å². The minimum atomic E-state index is -5.19. The summed E-state index contributed by atoms with van der Waals surface area (Å²) in [4.78, 5) is 11.9. The standard InChI is InChI=1S/C10H10N2.C2HF3O2/c1-9-7-12(8-11-9)10-5-3-2-4-6-10;3-2(4,5)1(6)7/h2-8H,1H3;(H,6,7). The van der Waals surface area contributed by atoms with E-state index in [0.717, 1.165) is 0 Å². The van der Waals surface area contributed by atoms with Crippen molar-refractivity contribution in [3.63, 3.8) is 0 Å². The number of aromatic amines is 1. The van der Waals surface area contributed by atoms with Crippen molar-refractivity contribution < 1.29 is 27.6 Å². The third-order valence-electron chi connectivity index (χ3n) is 2.05. The molecule has 0 unspecified atom stereocenters. The maximum atomic E-state index is 10.5. The Labute approximate surface area is 107 Å². The molecular weight excluding hydrogens is 261 g/mol. The van der Waals surface area contributed by atoms with Crippen molar-refractivity contribution in [1.82, 2.24) is 4.98 Å². The first-order chi connectivity index (χ1) is 8.80. The number of imidazole rings is 1. The van der Waals surface area contributed by atoms with Crippen LogP contribution in [0.25, 0.3) is 5.69 Å². The first-order valence-corrected chi connectivity index (χ1v) is 5.20. The van der Waals surface area contributed by atoms with E-state index in [9.17, 15) is 13.2 Å². The van der Waals surface area contributed by atoms with Gasteiger partial charge >= 0.3 is 6.18 Å². The smallest absolute Gasteiger partial charge is 0.430 e. The van der Waals surface area contributed by atoms with E-state index in [1.807, 2.05) is 31.5 Å². The average Bonchev–Trinajstić information content (AvgIpc) is 2.77. The SMILES string of the molecule is Cc1c[n+](-c2ccccc2)c[nH]1.O=C([O-])C(F)(F)F. The zero-order valence-corrected chi connectivity index (χ0v) is 9.94. The van der Waals surface area contributed by atoms with Crippen molar-refractivity contribution in [3.05, 3.63) is 48.5 Å². The lowest BCUT2D eigenvalue weighted by Gasteiger charge is -2.03. The van der Waals surface area contributed by atoms with Crippen LogP contribution in [0.15, 0.2) is 42.9 Å². The number of carboxylic acids is 1. The van der Waals surface area contributed by atoms with E-state index in [-0.39, 0.29) is 0 Å². The number of hydrogen-bond acceptors (Lipinski definition) is 2. The molecule has 2 rings (SSSR count). The molecule has 0 atom stereocenters. The van der Waals surface area contributed by atoms with Gasteiger partial charge in [-0.05, 0) is 12.1 Å². The second-order valence-corrected chi connectivity index (χ2v) is 3.61. The van der Waals surface area contributed by atoms with Crippen LogP contribution in [0.4, 0.5) is 13.2 Å². The highest BCUT2D eigenvalue weighted by Gasteiger charge is 2.28. The van der Waals surface area contributed by atoms with Crippen LogP contribution in [0.2, 0.25) is 0 Å². The number of aliphatic carboxylic acids is 1. The Bertz CT molecular complexity index is 535. The summed E-state index contributed by atoms with van der Waals surface area (Å²) in [6.45, 7) is 2.04. The van der Waals surface area contributed by atoms with Crippen molar-refractivity contribution >= 4 is 5.97 Å². The van der Waals surface area contributed by atoms with Crippen molar-refractivity contribution in [2.24, 2.45) is 0 Å². The Kier molecular flexibility index (Phi) is 4.68. The summed E-state index contributed by atoms with van der Waals surface area (Å²) >= 11 is 0. The number of carbonyl (C=O) groups excluding carboxylic acids is 1. The molecule has 19 heavy (non-hydrogen) atoms. The minimum absolute atomic E-state index is 1.17. The molecule has 1 aromatic heterocycles. The zero-order valence-electron chi connectivity index (χ0n) is 9.94. The van der Waals surface area contributed by atoms with Gasteiger partial charge in [-0.15, -0.1) is 0 Å². The number of aromatic nitrogens is 2. The van der Waals surface area contributed by atoms with Gasteiger partial charge in [0, 0.05) is 6.92 Å². The molecule has 0 fully saturated rings. The maximum absolute atomic E-state index is 10.5. The Balaban J connectivity index is 0.000000224. The monoisotopic (exact) mass is 272 g/mol. The Hall–Kier alpha value is -2.31. The van der Waals surface area contributed by atoms with Crippen LogP contribution in [-0.4, -0.2) is 17.1 Å². The lowest BCUT2D eigenvalue weighted by Crippen LogP contribution is -2.37. The zero-order chi connectivity index (χ0) is 14.5. The fourth-order valence-electron chi connectivity index (χ4n) is 1.20. The quantitative estimate of drug-likeness (QED) is 0.784. The molecule has 0 bridgehead atoms. The molecule has 1 aromatic carbocycles. The summed E-state index contributed by atoms with van der Waals surface area (Å²) < 4.78 is 33.6. The van der Waals surface area contributed by atoms with Crippen LogP contribution in [0.1, 0.15) is 5.69 Å². The number of alkyl halides is 3. The predicted molar refractivity (Wildman–Crippen MR) is 58.1 cm³/mol. The second-order valence-electron chi connectivity index (χ2n) is 3.61. The first-order valence-electron chi connectivity index (χ1n) is 5.20. The second kappa shape index (κ2) is 6.03. The van der Waals surface area contributed by atoms with Gasteiger partial charge in [0.2, 0.25) is 6.33 Å². The van der Waals surface area contributed by atoms with Crippen LogP contribution in [0.3, 0.4) is 0 Å². The molecule has 1 heterocycles. The van der Waals surface area contributed by atoms with E-state index < -0.39 is 12.1 Å². The predicted octanol–water partition coefficient (Wildman–Crippen LogP) is 0.898. The maximum Gasteiger partial charge on any atom is 0.430 e. The summed E-state index contributed by atoms with van der Waals surface area (Å²) in [7, 11) is 0. The Morgan fingerprint density at radius 1 is 1.26 bits per heavy atom. The lowest BCUT2D eigenvalue weighted by atomic mass is 10.3. The van der Waals surface area contributed by atoms with E-state index in [1.165, 1.54) is 11.4 Å². The molecule has 0 aliphatic heterocycles. The summed E-state index contributed by atoms with van der Waals surface area (Å²) in [5, 5.41) is 8.78. The highest BCUT2D eigenvalue weighted by Crippen LogP contribution is 2.11. The summed E-state index contributed by atoms with van der Waals surface area (Å²) in [6, 6.07) is 10.2. The molecule has 0 saturated heterocycles. The van der Waals surface area contributed by atoms with Gasteiger partial charge in [0.25, 0.3) is 0 Å². The molecular formula is C12H11F3N2O2. The van der Waals surface area contributed by atoms with E-state index in [4.69, 9.17) is 9.90 Å². The van der Waals surface area contributed by atoms with E-state index in [1.54, 1.807) is 0 Å². The normalized spacial score (nSPS) is 10.5.